The summed E-state index contributed by atoms with van der Waals surface area (Å²) in [6.45, 7) is -0.554. The molecule has 0 aliphatic carbocycles. The summed E-state index contributed by atoms with van der Waals surface area (Å²) in [6.07, 6.45) is 1.36. The molecule has 0 bridgehead atoms. The maximum Gasteiger partial charge on any atom is 0.261 e. The highest BCUT2D eigenvalue weighted by molar-refractivity contribution is 6.21. The minimum Gasteiger partial charge on any atom is -0.389 e. The van der Waals surface area contributed by atoms with Crippen molar-refractivity contribution in [1.29, 1.82) is 0 Å². The molecule has 0 atom stereocenters. The molecule has 0 saturated carbocycles. The van der Waals surface area contributed by atoms with E-state index in [4.69, 9.17) is 5.11 Å². The van der Waals surface area contributed by atoms with Crippen LogP contribution in [0.4, 0.5) is 4.39 Å². The number of amides is 2. The van der Waals surface area contributed by atoms with Crippen LogP contribution in [0.15, 0.2) is 36.2 Å². The molecule has 94 valence electrons. The number of hydrogen-bond donors (Lipinski definition) is 1. The fourth-order valence-electron chi connectivity index (χ4n) is 1.86. The van der Waals surface area contributed by atoms with E-state index in [2.05, 4.69) is 0 Å². The van der Waals surface area contributed by atoms with Crippen LogP contribution < -0.4 is 0 Å². The highest BCUT2D eigenvalue weighted by atomic mass is 19.1. The molecule has 1 aromatic carbocycles. The molecule has 0 radical (unpaired) electrons. The van der Waals surface area contributed by atoms with E-state index in [1.165, 1.54) is 6.08 Å². The molecule has 2 rings (SSSR count). The fraction of sp³-hybridized carbons (Fsp3) is 0.231. The predicted molar refractivity (Wildman–Crippen MR) is 62.7 cm³/mol. The summed E-state index contributed by atoms with van der Waals surface area (Å²) >= 11 is 0. The summed E-state index contributed by atoms with van der Waals surface area (Å²) in [7, 11) is 0. The van der Waals surface area contributed by atoms with Gasteiger partial charge in [0.2, 0.25) is 0 Å². The van der Waals surface area contributed by atoms with Crippen molar-refractivity contribution in [3.63, 3.8) is 0 Å². The molecular weight excluding hydrogens is 237 g/mol. The first kappa shape index (κ1) is 12.4. The van der Waals surface area contributed by atoms with Crippen LogP contribution in [0.2, 0.25) is 0 Å². The molecule has 4 nitrogen and oxygen atoms in total. The number of nitrogens with zero attached hydrogens (tertiary/aromatic N) is 1. The Bertz CT molecular complexity index is 490. The van der Waals surface area contributed by atoms with Gasteiger partial charge in [-0.25, -0.2) is 4.39 Å². The standard InChI is InChI=1S/C13H12FNO3/c14-9(8-16)4-3-7-15-12(17)10-5-1-2-6-11(10)13(15)18/h1-2,4-6,16H,3,7-8H2. The Hall–Kier alpha value is -2.01. The third-order valence-corrected chi connectivity index (χ3v) is 2.75. The van der Waals surface area contributed by atoms with Crippen molar-refractivity contribution in [3.8, 4) is 0 Å². The van der Waals surface area contributed by atoms with Crippen molar-refractivity contribution in [1.82, 2.24) is 4.90 Å². The maximum atomic E-state index is 12.7. The average Bonchev–Trinajstić information content (AvgIpc) is 2.64. The zero-order valence-corrected chi connectivity index (χ0v) is 9.60. The number of hydrogen-bond acceptors (Lipinski definition) is 3. The Labute approximate surface area is 103 Å². The van der Waals surface area contributed by atoms with Crippen molar-refractivity contribution in [3.05, 3.63) is 47.3 Å². The first-order valence-electron chi connectivity index (χ1n) is 5.55. The number of carbonyl (C=O) groups is 2. The summed E-state index contributed by atoms with van der Waals surface area (Å²) in [6, 6.07) is 6.58. The summed E-state index contributed by atoms with van der Waals surface area (Å²) in [5.74, 6) is -1.37. The van der Waals surface area contributed by atoms with Gasteiger partial charge < -0.3 is 5.11 Å². The van der Waals surface area contributed by atoms with E-state index in [-0.39, 0.29) is 24.8 Å². The van der Waals surface area contributed by atoms with E-state index in [1.54, 1.807) is 24.3 Å². The summed E-state index contributed by atoms with van der Waals surface area (Å²) in [4.78, 5) is 24.9. The Balaban J connectivity index is 2.10. The molecule has 0 spiro atoms. The van der Waals surface area contributed by atoms with Gasteiger partial charge in [0.05, 0.1) is 17.7 Å². The number of aliphatic hydroxyl groups excluding tert-OH is 1. The molecule has 0 fully saturated rings. The van der Waals surface area contributed by atoms with Gasteiger partial charge in [-0.05, 0) is 24.6 Å². The van der Waals surface area contributed by atoms with Crippen LogP contribution in [0.3, 0.4) is 0 Å². The number of fused-ring (bicyclic) bond motifs is 1. The first-order valence-corrected chi connectivity index (χ1v) is 5.55. The lowest BCUT2D eigenvalue weighted by atomic mass is 10.1. The second-order valence-corrected chi connectivity index (χ2v) is 3.91. The maximum absolute atomic E-state index is 12.7. The Morgan fingerprint density at radius 1 is 1.22 bits per heavy atom. The number of halogens is 1. The second kappa shape index (κ2) is 5.10. The Kier molecular flexibility index (Phi) is 3.53. The van der Waals surface area contributed by atoms with Gasteiger partial charge in [-0.1, -0.05) is 12.1 Å². The summed E-state index contributed by atoms with van der Waals surface area (Å²) in [5.41, 5.74) is 0.767. The molecule has 2 amide bonds. The topological polar surface area (TPSA) is 57.6 Å². The van der Waals surface area contributed by atoms with E-state index in [9.17, 15) is 14.0 Å². The van der Waals surface area contributed by atoms with Gasteiger partial charge >= 0.3 is 0 Å². The predicted octanol–water partition coefficient (Wildman–Crippen LogP) is 1.52. The van der Waals surface area contributed by atoms with Gasteiger partial charge in [0.1, 0.15) is 5.83 Å². The van der Waals surface area contributed by atoms with Gasteiger partial charge in [-0.3, -0.25) is 14.5 Å². The lowest BCUT2D eigenvalue weighted by molar-refractivity contribution is 0.0657. The zero-order chi connectivity index (χ0) is 13.1. The Morgan fingerprint density at radius 2 is 1.78 bits per heavy atom. The van der Waals surface area contributed by atoms with Crippen molar-refractivity contribution in [2.75, 3.05) is 13.2 Å². The van der Waals surface area contributed by atoms with Crippen LogP contribution >= 0.6 is 0 Å². The van der Waals surface area contributed by atoms with E-state index in [1.807, 2.05) is 0 Å². The highest BCUT2D eigenvalue weighted by Gasteiger charge is 2.34. The number of rotatable bonds is 4. The largest absolute Gasteiger partial charge is 0.389 e. The highest BCUT2D eigenvalue weighted by Crippen LogP contribution is 2.22. The number of benzene rings is 1. The van der Waals surface area contributed by atoms with Gasteiger partial charge in [0.15, 0.2) is 0 Å². The minimum absolute atomic E-state index is 0.111. The van der Waals surface area contributed by atoms with Gasteiger partial charge in [0.25, 0.3) is 11.8 Å². The van der Waals surface area contributed by atoms with Crippen molar-refractivity contribution >= 4 is 11.8 Å². The van der Waals surface area contributed by atoms with Crippen LogP contribution in [-0.4, -0.2) is 35.0 Å². The monoisotopic (exact) mass is 249 g/mol. The molecule has 1 aliphatic heterocycles. The van der Waals surface area contributed by atoms with E-state index in [0.717, 1.165) is 4.90 Å². The van der Waals surface area contributed by atoms with Crippen molar-refractivity contribution in [2.24, 2.45) is 0 Å². The van der Waals surface area contributed by atoms with E-state index in [0.29, 0.717) is 11.1 Å². The molecule has 0 saturated heterocycles. The van der Waals surface area contributed by atoms with Gasteiger partial charge in [-0.15, -0.1) is 0 Å². The van der Waals surface area contributed by atoms with Crippen LogP contribution in [-0.2, 0) is 0 Å². The smallest absolute Gasteiger partial charge is 0.261 e. The molecule has 0 aromatic heterocycles. The molecule has 1 aromatic rings. The summed E-state index contributed by atoms with van der Waals surface area (Å²) in [5, 5.41) is 8.48. The normalized spacial score (nSPS) is 15.2. The van der Waals surface area contributed by atoms with Crippen molar-refractivity contribution in [2.45, 2.75) is 6.42 Å². The zero-order valence-electron chi connectivity index (χ0n) is 9.60. The lowest BCUT2D eigenvalue weighted by Gasteiger charge is -2.11. The third-order valence-electron chi connectivity index (χ3n) is 2.75. The lowest BCUT2D eigenvalue weighted by Crippen LogP contribution is -2.30. The Morgan fingerprint density at radius 3 is 2.28 bits per heavy atom. The summed E-state index contributed by atoms with van der Waals surface area (Å²) < 4.78 is 12.7. The van der Waals surface area contributed by atoms with E-state index < -0.39 is 12.4 Å². The van der Waals surface area contributed by atoms with Crippen LogP contribution in [0.5, 0.6) is 0 Å². The van der Waals surface area contributed by atoms with E-state index >= 15 is 0 Å². The molecule has 18 heavy (non-hydrogen) atoms. The second-order valence-electron chi connectivity index (χ2n) is 3.91. The molecule has 1 N–H and O–H groups in total. The number of imide groups is 1. The molecule has 1 aliphatic rings. The SMILES string of the molecule is O=C1c2ccccc2C(=O)N1CCC=C(F)CO. The third kappa shape index (κ3) is 2.17. The molecule has 1 heterocycles. The quantitative estimate of drug-likeness (QED) is 0.823. The van der Waals surface area contributed by atoms with Crippen molar-refractivity contribution < 1.29 is 19.1 Å². The average molecular weight is 249 g/mol. The van der Waals surface area contributed by atoms with Crippen LogP contribution in [0.25, 0.3) is 0 Å². The number of aliphatic hydroxyl groups is 1. The molecule has 5 heteroatoms. The molecule has 0 unspecified atom stereocenters. The fourth-order valence-corrected chi connectivity index (χ4v) is 1.86. The van der Waals surface area contributed by atoms with Crippen LogP contribution in [0, 0.1) is 0 Å². The minimum atomic E-state index is -0.665. The molecular formula is C13H12FNO3. The number of carbonyl (C=O) groups excluding carboxylic acids is 2. The van der Waals surface area contributed by atoms with Crippen LogP contribution in [0.1, 0.15) is 27.1 Å². The van der Waals surface area contributed by atoms with Gasteiger partial charge in [0, 0.05) is 6.54 Å². The van der Waals surface area contributed by atoms with Gasteiger partial charge in [-0.2, -0.15) is 0 Å². The first-order chi connectivity index (χ1) is 8.65.